The standard InChI is InChI=1S/C28H41ClO3S/c1-19-9-13-23(30)18-22(19)12-11-21-8-7-17-28(6)24(14-15-25(21)28)20(2)10-16-26(29)33(31,32)27(3,4)5/h11-12,14,16,20,23,25,30H,1,7-10,13,15,17-18H2,2-6H3. The molecule has 0 aliphatic heterocycles. The van der Waals surface area contributed by atoms with Crippen LogP contribution in [0.5, 0.6) is 0 Å². The quantitative estimate of drug-likeness (QED) is 0.407. The number of hydrogen-bond acceptors (Lipinski definition) is 3. The van der Waals surface area contributed by atoms with Gasteiger partial charge in [-0.25, -0.2) is 8.42 Å². The summed E-state index contributed by atoms with van der Waals surface area (Å²) in [6.07, 6.45) is 15.8. The number of halogens is 1. The fourth-order valence-electron chi connectivity index (χ4n) is 5.81. The topological polar surface area (TPSA) is 54.4 Å². The maximum atomic E-state index is 12.6. The minimum absolute atomic E-state index is 0.0343. The predicted octanol–water partition coefficient (Wildman–Crippen LogP) is 7.40. The molecule has 0 aromatic heterocycles. The smallest absolute Gasteiger partial charge is 0.193 e. The molecule has 0 aromatic rings. The lowest BCUT2D eigenvalue weighted by atomic mass is 9.62. The molecular weight excluding hydrogens is 452 g/mol. The Bertz CT molecular complexity index is 1010. The van der Waals surface area contributed by atoms with E-state index in [-0.39, 0.29) is 21.8 Å². The van der Waals surface area contributed by atoms with Gasteiger partial charge in [-0.1, -0.05) is 73.1 Å². The number of aliphatic hydroxyl groups excluding tert-OH is 1. The number of aliphatic hydroxyl groups is 1. The van der Waals surface area contributed by atoms with E-state index in [9.17, 15) is 13.5 Å². The first-order chi connectivity index (χ1) is 15.3. The average molecular weight is 493 g/mol. The Morgan fingerprint density at radius 2 is 2.03 bits per heavy atom. The number of rotatable bonds is 5. The van der Waals surface area contributed by atoms with Crippen molar-refractivity contribution in [1.82, 2.24) is 0 Å². The van der Waals surface area contributed by atoms with E-state index in [1.807, 2.05) is 0 Å². The zero-order valence-electron chi connectivity index (χ0n) is 21.0. The van der Waals surface area contributed by atoms with Crippen LogP contribution in [-0.4, -0.2) is 24.4 Å². The molecule has 1 N–H and O–H groups in total. The SMILES string of the molecule is C=C1CCC(O)CC1=CC=C1CCCC2(C)C(C(C)CC=C(Cl)S(=O)(=O)C(C)(C)C)=CCC12. The van der Waals surface area contributed by atoms with Gasteiger partial charge in [-0.2, -0.15) is 0 Å². The molecule has 184 valence electrons. The largest absolute Gasteiger partial charge is 0.393 e. The summed E-state index contributed by atoms with van der Waals surface area (Å²) in [7, 11) is -3.50. The molecule has 0 radical (unpaired) electrons. The van der Waals surface area contributed by atoms with Crippen LogP contribution in [0.4, 0.5) is 0 Å². The summed E-state index contributed by atoms with van der Waals surface area (Å²) in [4.78, 5) is 0. The van der Waals surface area contributed by atoms with Gasteiger partial charge in [0.05, 0.1) is 10.9 Å². The molecule has 3 aliphatic rings. The second-order valence-corrected chi connectivity index (χ2v) is 14.7. The average Bonchev–Trinajstić information content (AvgIpc) is 3.09. The molecule has 0 spiro atoms. The number of hydrogen-bond donors (Lipinski definition) is 1. The molecule has 0 saturated heterocycles. The summed E-state index contributed by atoms with van der Waals surface area (Å²) in [5, 5.41) is 10.0. The Labute approximate surface area is 206 Å². The third kappa shape index (κ3) is 5.44. The summed E-state index contributed by atoms with van der Waals surface area (Å²) in [5.74, 6) is 0.731. The lowest BCUT2D eigenvalue weighted by molar-refractivity contribution is 0.158. The maximum absolute atomic E-state index is 12.6. The molecule has 0 bridgehead atoms. The summed E-state index contributed by atoms with van der Waals surface area (Å²) >= 11 is 6.25. The molecule has 4 atom stereocenters. The van der Waals surface area contributed by atoms with Crippen molar-refractivity contribution in [3.05, 3.63) is 57.5 Å². The Morgan fingerprint density at radius 3 is 2.70 bits per heavy atom. The molecule has 33 heavy (non-hydrogen) atoms. The van der Waals surface area contributed by atoms with E-state index in [4.69, 9.17) is 11.6 Å². The highest BCUT2D eigenvalue weighted by Crippen LogP contribution is 2.57. The van der Waals surface area contributed by atoms with Gasteiger partial charge in [0.2, 0.25) is 0 Å². The highest BCUT2D eigenvalue weighted by molar-refractivity contribution is 7.98. The van der Waals surface area contributed by atoms with Crippen molar-refractivity contribution in [3.8, 4) is 0 Å². The van der Waals surface area contributed by atoms with Gasteiger partial charge in [-0.05, 0) is 95.0 Å². The van der Waals surface area contributed by atoms with Gasteiger partial charge in [0.15, 0.2) is 9.84 Å². The maximum Gasteiger partial charge on any atom is 0.193 e. The Hall–Kier alpha value is -1.10. The summed E-state index contributed by atoms with van der Waals surface area (Å²) < 4.78 is 24.3. The van der Waals surface area contributed by atoms with E-state index in [2.05, 4.69) is 38.7 Å². The third-order valence-corrected chi connectivity index (χ3v) is 11.1. The normalized spacial score (nSPS) is 32.8. The first-order valence-corrected chi connectivity index (χ1v) is 14.2. The van der Waals surface area contributed by atoms with Gasteiger partial charge in [0.25, 0.3) is 0 Å². The van der Waals surface area contributed by atoms with Gasteiger partial charge in [-0.15, -0.1) is 0 Å². The first kappa shape index (κ1) is 26.5. The highest BCUT2D eigenvalue weighted by atomic mass is 35.5. The number of sulfone groups is 1. The lowest BCUT2D eigenvalue weighted by Gasteiger charge is -2.42. The molecular formula is C28H41ClO3S. The summed E-state index contributed by atoms with van der Waals surface area (Å²) in [6.45, 7) is 13.8. The summed E-state index contributed by atoms with van der Waals surface area (Å²) in [6, 6.07) is 0. The third-order valence-electron chi connectivity index (χ3n) is 8.02. The molecule has 3 nitrogen and oxygen atoms in total. The fourth-order valence-corrected chi connectivity index (χ4v) is 7.49. The van der Waals surface area contributed by atoms with Crippen molar-refractivity contribution in [3.63, 3.8) is 0 Å². The summed E-state index contributed by atoms with van der Waals surface area (Å²) in [5.41, 5.74) is 5.38. The molecule has 0 heterocycles. The van der Waals surface area contributed by atoms with Crippen LogP contribution in [0.1, 0.15) is 86.0 Å². The minimum Gasteiger partial charge on any atom is -0.393 e. The van der Waals surface area contributed by atoms with Gasteiger partial charge in [0, 0.05) is 0 Å². The van der Waals surface area contributed by atoms with Gasteiger partial charge in [0.1, 0.15) is 4.36 Å². The van der Waals surface area contributed by atoms with Crippen LogP contribution in [0.3, 0.4) is 0 Å². The second kappa shape index (κ2) is 9.87. The van der Waals surface area contributed by atoms with Gasteiger partial charge in [-0.3, -0.25) is 0 Å². The van der Waals surface area contributed by atoms with Crippen LogP contribution in [0, 0.1) is 17.3 Å². The van der Waals surface area contributed by atoms with Crippen molar-refractivity contribution in [2.75, 3.05) is 0 Å². The number of fused-ring (bicyclic) bond motifs is 1. The van der Waals surface area contributed by atoms with Gasteiger partial charge < -0.3 is 5.11 Å². The van der Waals surface area contributed by atoms with Crippen LogP contribution in [0.25, 0.3) is 0 Å². The van der Waals surface area contributed by atoms with Crippen molar-refractivity contribution >= 4 is 21.4 Å². The Kier molecular flexibility index (Phi) is 7.93. The van der Waals surface area contributed by atoms with E-state index < -0.39 is 14.6 Å². The fraction of sp³-hybridized carbons (Fsp3) is 0.643. The van der Waals surface area contributed by atoms with Crippen LogP contribution >= 0.6 is 11.6 Å². The molecule has 0 aromatic carbocycles. The van der Waals surface area contributed by atoms with Crippen LogP contribution in [0.2, 0.25) is 0 Å². The molecule has 2 fully saturated rings. The Balaban J connectivity index is 1.76. The van der Waals surface area contributed by atoms with Crippen LogP contribution < -0.4 is 0 Å². The van der Waals surface area contributed by atoms with E-state index in [0.717, 1.165) is 44.1 Å². The van der Waals surface area contributed by atoms with Crippen molar-refractivity contribution in [1.29, 1.82) is 0 Å². The lowest BCUT2D eigenvalue weighted by Crippen LogP contribution is -2.32. The van der Waals surface area contributed by atoms with Crippen molar-refractivity contribution < 1.29 is 13.5 Å². The molecule has 3 aliphatic carbocycles. The van der Waals surface area contributed by atoms with Crippen LogP contribution in [-0.2, 0) is 9.84 Å². The molecule has 3 rings (SSSR count). The van der Waals surface area contributed by atoms with E-state index in [1.165, 1.54) is 16.7 Å². The van der Waals surface area contributed by atoms with E-state index in [0.29, 0.717) is 18.8 Å². The zero-order valence-corrected chi connectivity index (χ0v) is 22.5. The molecule has 0 amide bonds. The minimum atomic E-state index is -3.50. The monoisotopic (exact) mass is 492 g/mol. The number of allylic oxidation sites excluding steroid dienone is 7. The van der Waals surface area contributed by atoms with E-state index in [1.54, 1.807) is 26.8 Å². The molecule has 4 unspecified atom stereocenters. The van der Waals surface area contributed by atoms with E-state index >= 15 is 0 Å². The van der Waals surface area contributed by atoms with Crippen molar-refractivity contribution in [2.45, 2.75) is 96.8 Å². The van der Waals surface area contributed by atoms with Crippen molar-refractivity contribution in [2.24, 2.45) is 17.3 Å². The first-order valence-electron chi connectivity index (χ1n) is 12.3. The second-order valence-electron chi connectivity index (χ2n) is 11.4. The Morgan fingerprint density at radius 1 is 1.33 bits per heavy atom. The van der Waals surface area contributed by atoms with Crippen LogP contribution in [0.15, 0.2) is 57.5 Å². The predicted molar refractivity (Wildman–Crippen MR) is 140 cm³/mol. The zero-order chi connectivity index (χ0) is 24.6. The molecule has 2 saturated carbocycles. The highest BCUT2D eigenvalue weighted by Gasteiger charge is 2.46. The molecule has 5 heteroatoms. The van der Waals surface area contributed by atoms with Gasteiger partial charge >= 0.3 is 0 Å².